The van der Waals surface area contributed by atoms with Crippen LogP contribution in [0, 0.1) is 0 Å². The number of thiophene rings is 4. The minimum Gasteiger partial charge on any atom is -0.143 e. The Bertz CT molecular complexity index is 705. The van der Waals surface area contributed by atoms with Gasteiger partial charge in [0.05, 0.1) is 14.5 Å². The first-order valence-corrected chi connectivity index (χ1v) is 8.97. The van der Waals surface area contributed by atoms with E-state index in [4.69, 9.17) is 0 Å². The Kier molecular flexibility index (Phi) is 2.62. The molecule has 0 N–H and O–H groups in total. The molecule has 4 aromatic rings. The fraction of sp³-hybridized carbons (Fsp3) is 0. The summed E-state index contributed by atoms with van der Waals surface area (Å²) >= 11 is 7.43. The molecule has 4 aromatic heterocycles. The van der Waals surface area contributed by atoms with Gasteiger partial charge in [-0.3, -0.25) is 0 Å². The molecule has 0 aliphatic heterocycles. The molecular formula is C14H8S4. The Morgan fingerprint density at radius 3 is 2.06 bits per heavy atom. The lowest BCUT2D eigenvalue weighted by atomic mass is 10.2. The average Bonchev–Trinajstić information content (AvgIpc) is 3.14. The van der Waals surface area contributed by atoms with Gasteiger partial charge in [0.1, 0.15) is 0 Å². The summed E-state index contributed by atoms with van der Waals surface area (Å²) in [6.45, 7) is 0. The second kappa shape index (κ2) is 4.31. The van der Waals surface area contributed by atoms with Gasteiger partial charge < -0.3 is 0 Å². The standard InChI is InChI=1S/C14H8S4/c1-3-10(15-6-1)12-9-5-8-17-13(9)14(18-12)11-4-2-7-16-11/h1-8H. The average molecular weight is 304 g/mol. The lowest BCUT2D eigenvalue weighted by Crippen LogP contribution is -1.60. The van der Waals surface area contributed by atoms with Gasteiger partial charge in [-0.1, -0.05) is 12.1 Å². The van der Waals surface area contributed by atoms with E-state index in [0.717, 1.165) is 0 Å². The van der Waals surface area contributed by atoms with E-state index in [1.165, 1.54) is 29.6 Å². The molecule has 4 heteroatoms. The van der Waals surface area contributed by atoms with Crippen molar-refractivity contribution in [2.24, 2.45) is 0 Å². The lowest BCUT2D eigenvalue weighted by Gasteiger charge is -1.91. The van der Waals surface area contributed by atoms with E-state index < -0.39 is 0 Å². The van der Waals surface area contributed by atoms with Crippen LogP contribution in [0.2, 0.25) is 0 Å². The molecule has 0 radical (unpaired) electrons. The Morgan fingerprint density at radius 1 is 0.667 bits per heavy atom. The molecule has 4 heterocycles. The SMILES string of the molecule is c1csc(-c2sc(-c3cccs3)c3sccc23)c1. The predicted molar refractivity (Wildman–Crippen MR) is 86.3 cm³/mol. The highest BCUT2D eigenvalue weighted by Gasteiger charge is 2.16. The van der Waals surface area contributed by atoms with Crippen molar-refractivity contribution in [1.82, 2.24) is 0 Å². The molecule has 0 unspecified atom stereocenters. The van der Waals surface area contributed by atoms with Crippen molar-refractivity contribution >= 4 is 55.4 Å². The van der Waals surface area contributed by atoms with Crippen molar-refractivity contribution in [3.8, 4) is 19.5 Å². The van der Waals surface area contributed by atoms with E-state index in [0.29, 0.717) is 0 Å². The minimum atomic E-state index is 1.38. The third-order valence-corrected chi connectivity index (χ3v) is 7.18. The van der Waals surface area contributed by atoms with Crippen LogP contribution in [0.3, 0.4) is 0 Å². The maximum atomic E-state index is 2.25. The fourth-order valence-electron chi connectivity index (χ4n) is 2.03. The van der Waals surface area contributed by atoms with E-state index in [-0.39, 0.29) is 0 Å². The van der Waals surface area contributed by atoms with Crippen LogP contribution in [0.25, 0.3) is 29.6 Å². The van der Waals surface area contributed by atoms with Gasteiger partial charge in [-0.05, 0) is 34.3 Å². The van der Waals surface area contributed by atoms with E-state index in [9.17, 15) is 0 Å². The summed E-state index contributed by atoms with van der Waals surface area (Å²) < 4.78 is 1.44. The summed E-state index contributed by atoms with van der Waals surface area (Å²) in [6, 6.07) is 10.9. The van der Waals surface area contributed by atoms with Gasteiger partial charge in [-0.25, -0.2) is 0 Å². The molecule has 4 rings (SSSR count). The summed E-state index contributed by atoms with van der Waals surface area (Å²) in [7, 11) is 0. The highest BCUT2D eigenvalue weighted by Crippen LogP contribution is 2.48. The van der Waals surface area contributed by atoms with Crippen LogP contribution in [0.15, 0.2) is 46.5 Å². The van der Waals surface area contributed by atoms with Crippen molar-refractivity contribution in [3.05, 3.63) is 46.5 Å². The van der Waals surface area contributed by atoms with Crippen LogP contribution in [0.5, 0.6) is 0 Å². The van der Waals surface area contributed by atoms with Crippen molar-refractivity contribution < 1.29 is 0 Å². The Morgan fingerprint density at radius 2 is 1.39 bits per heavy atom. The maximum Gasteiger partial charge on any atom is 0.0627 e. The maximum absolute atomic E-state index is 2.25. The molecule has 0 saturated carbocycles. The van der Waals surface area contributed by atoms with Gasteiger partial charge in [0.15, 0.2) is 0 Å². The molecule has 0 aliphatic carbocycles. The molecule has 0 aliphatic rings. The number of rotatable bonds is 2. The van der Waals surface area contributed by atoms with E-state index in [1.807, 2.05) is 45.3 Å². The normalized spacial score (nSPS) is 11.3. The second-order valence-electron chi connectivity index (χ2n) is 3.88. The van der Waals surface area contributed by atoms with Gasteiger partial charge in [0.2, 0.25) is 0 Å². The summed E-state index contributed by atoms with van der Waals surface area (Å²) in [6.07, 6.45) is 0. The van der Waals surface area contributed by atoms with Gasteiger partial charge >= 0.3 is 0 Å². The van der Waals surface area contributed by atoms with Crippen molar-refractivity contribution in [2.75, 3.05) is 0 Å². The predicted octanol–water partition coefficient (Wildman–Crippen LogP) is 6.42. The smallest absolute Gasteiger partial charge is 0.0627 e. The summed E-state index contributed by atoms with van der Waals surface area (Å²) in [5.74, 6) is 0. The Balaban J connectivity index is 2.03. The highest BCUT2D eigenvalue weighted by molar-refractivity contribution is 7.31. The van der Waals surface area contributed by atoms with Crippen LogP contribution in [-0.4, -0.2) is 0 Å². The van der Waals surface area contributed by atoms with Gasteiger partial charge in [-0.2, -0.15) is 0 Å². The zero-order valence-electron chi connectivity index (χ0n) is 9.25. The molecule has 0 saturated heterocycles. The summed E-state index contributed by atoms with van der Waals surface area (Å²) in [5.41, 5.74) is 0. The van der Waals surface area contributed by atoms with Gasteiger partial charge in [0.25, 0.3) is 0 Å². The van der Waals surface area contributed by atoms with Gasteiger partial charge in [0, 0.05) is 15.1 Å². The van der Waals surface area contributed by atoms with Crippen LogP contribution < -0.4 is 0 Å². The molecule has 0 spiro atoms. The molecule has 88 valence electrons. The molecule has 0 fully saturated rings. The highest BCUT2D eigenvalue weighted by atomic mass is 32.1. The van der Waals surface area contributed by atoms with Gasteiger partial charge in [-0.15, -0.1) is 45.3 Å². The molecule has 0 bridgehead atoms. The van der Waals surface area contributed by atoms with Crippen molar-refractivity contribution in [3.63, 3.8) is 0 Å². The summed E-state index contributed by atoms with van der Waals surface area (Å²) in [4.78, 5) is 5.62. The first-order valence-electron chi connectivity index (χ1n) is 5.51. The first-order chi connectivity index (χ1) is 8.93. The third-order valence-electron chi connectivity index (χ3n) is 2.81. The quantitative estimate of drug-likeness (QED) is 0.401. The second-order valence-corrected chi connectivity index (χ2v) is 7.71. The zero-order chi connectivity index (χ0) is 11.9. The van der Waals surface area contributed by atoms with E-state index in [2.05, 4.69) is 46.5 Å². The van der Waals surface area contributed by atoms with E-state index in [1.54, 1.807) is 0 Å². The van der Waals surface area contributed by atoms with Crippen LogP contribution >= 0.6 is 45.3 Å². The number of fused-ring (bicyclic) bond motifs is 1. The lowest BCUT2D eigenvalue weighted by molar-refractivity contribution is 1.99. The van der Waals surface area contributed by atoms with Crippen molar-refractivity contribution in [1.29, 1.82) is 0 Å². The largest absolute Gasteiger partial charge is 0.143 e. The number of hydrogen-bond acceptors (Lipinski definition) is 4. The molecular weight excluding hydrogens is 296 g/mol. The minimum absolute atomic E-state index is 1.38. The monoisotopic (exact) mass is 304 g/mol. The topological polar surface area (TPSA) is 0 Å². The Hall–Kier alpha value is -0.940. The van der Waals surface area contributed by atoms with Crippen molar-refractivity contribution in [2.45, 2.75) is 0 Å². The fourth-order valence-corrected chi connectivity index (χ4v) is 6.19. The van der Waals surface area contributed by atoms with E-state index >= 15 is 0 Å². The molecule has 0 nitrogen and oxygen atoms in total. The molecule has 0 atom stereocenters. The Labute approximate surface area is 121 Å². The zero-order valence-corrected chi connectivity index (χ0v) is 12.5. The first kappa shape index (κ1) is 10.9. The molecule has 0 aromatic carbocycles. The third kappa shape index (κ3) is 1.61. The van der Waals surface area contributed by atoms with Crippen LogP contribution in [-0.2, 0) is 0 Å². The summed E-state index contributed by atoms with van der Waals surface area (Å²) in [5, 5.41) is 7.92. The van der Waals surface area contributed by atoms with Crippen LogP contribution in [0.4, 0.5) is 0 Å². The van der Waals surface area contributed by atoms with Crippen LogP contribution in [0.1, 0.15) is 0 Å². The molecule has 0 amide bonds. The number of hydrogen-bond donors (Lipinski definition) is 0. The molecule has 18 heavy (non-hydrogen) atoms.